The number of aryl methyl sites for hydroxylation is 3. The monoisotopic (exact) mass is 363 g/mol. The van der Waals surface area contributed by atoms with Crippen molar-refractivity contribution in [3.63, 3.8) is 0 Å². The van der Waals surface area contributed by atoms with E-state index in [4.69, 9.17) is 0 Å². The van der Waals surface area contributed by atoms with Crippen molar-refractivity contribution in [2.24, 2.45) is 0 Å². The molecule has 27 heavy (non-hydrogen) atoms. The maximum Gasteiger partial charge on any atom is 0.225 e. The second-order valence-electron chi connectivity index (χ2n) is 6.82. The summed E-state index contributed by atoms with van der Waals surface area (Å²) < 4.78 is 0. The van der Waals surface area contributed by atoms with Gasteiger partial charge in [0, 0.05) is 35.8 Å². The van der Waals surface area contributed by atoms with Crippen molar-refractivity contribution in [3.8, 4) is 11.3 Å². The lowest BCUT2D eigenvalue weighted by atomic mass is 10.1. The Balaban J connectivity index is 2.02. The number of hydrogen-bond donors (Lipinski definition) is 3. The summed E-state index contributed by atoms with van der Waals surface area (Å²) in [6, 6.07) is 9.89. The predicted octanol–water partition coefficient (Wildman–Crippen LogP) is 4.00. The fourth-order valence-corrected chi connectivity index (χ4v) is 3.02. The van der Waals surface area contributed by atoms with E-state index in [1.54, 1.807) is 12.4 Å². The SMILES string of the molecule is Cc1cc(C)c(Nc2cc(-c3ccncc3)nc(N[C@@H](C)CO)n2)c(C)c1. The van der Waals surface area contributed by atoms with E-state index in [-0.39, 0.29) is 12.6 Å². The van der Waals surface area contributed by atoms with Crippen LogP contribution < -0.4 is 10.6 Å². The molecule has 0 fully saturated rings. The molecule has 3 aromatic rings. The van der Waals surface area contributed by atoms with Crippen LogP contribution in [0, 0.1) is 20.8 Å². The summed E-state index contributed by atoms with van der Waals surface area (Å²) in [5, 5.41) is 15.9. The first-order valence-electron chi connectivity index (χ1n) is 8.98. The minimum atomic E-state index is -0.145. The average Bonchev–Trinajstić information content (AvgIpc) is 2.65. The molecule has 6 heteroatoms. The Hall–Kier alpha value is -2.99. The Labute approximate surface area is 159 Å². The first-order valence-corrected chi connectivity index (χ1v) is 8.98. The largest absolute Gasteiger partial charge is 0.394 e. The lowest BCUT2D eigenvalue weighted by molar-refractivity contribution is 0.281. The van der Waals surface area contributed by atoms with E-state index in [0.29, 0.717) is 11.8 Å². The fourth-order valence-electron chi connectivity index (χ4n) is 3.02. The van der Waals surface area contributed by atoms with Gasteiger partial charge in [0.1, 0.15) is 5.82 Å². The second-order valence-corrected chi connectivity index (χ2v) is 6.82. The lowest BCUT2D eigenvalue weighted by Crippen LogP contribution is -2.21. The normalized spacial score (nSPS) is 11.9. The summed E-state index contributed by atoms with van der Waals surface area (Å²) in [6.07, 6.45) is 3.48. The highest BCUT2D eigenvalue weighted by molar-refractivity contribution is 5.70. The third kappa shape index (κ3) is 4.60. The number of hydrogen-bond acceptors (Lipinski definition) is 6. The Kier molecular flexibility index (Phi) is 5.66. The highest BCUT2D eigenvalue weighted by Gasteiger charge is 2.11. The molecular formula is C21H25N5O. The van der Waals surface area contributed by atoms with Gasteiger partial charge < -0.3 is 15.7 Å². The molecular weight excluding hydrogens is 338 g/mol. The quantitative estimate of drug-likeness (QED) is 0.614. The van der Waals surface area contributed by atoms with Crippen LogP contribution in [0.1, 0.15) is 23.6 Å². The second kappa shape index (κ2) is 8.14. The van der Waals surface area contributed by atoms with Gasteiger partial charge in [0.05, 0.1) is 12.3 Å². The van der Waals surface area contributed by atoms with Gasteiger partial charge in [0.25, 0.3) is 0 Å². The van der Waals surface area contributed by atoms with E-state index in [0.717, 1.165) is 28.1 Å². The molecule has 0 radical (unpaired) electrons. The van der Waals surface area contributed by atoms with Crippen LogP contribution in [0.25, 0.3) is 11.3 Å². The number of aliphatic hydroxyl groups is 1. The van der Waals surface area contributed by atoms with Crippen molar-refractivity contribution in [2.45, 2.75) is 33.7 Å². The molecule has 0 spiro atoms. The number of aliphatic hydroxyl groups excluding tert-OH is 1. The van der Waals surface area contributed by atoms with Gasteiger partial charge in [0.15, 0.2) is 0 Å². The Morgan fingerprint density at radius 2 is 1.67 bits per heavy atom. The van der Waals surface area contributed by atoms with Gasteiger partial charge in [-0.2, -0.15) is 4.98 Å². The third-order valence-electron chi connectivity index (χ3n) is 4.28. The standard InChI is InChI=1S/C21H25N5O/c1-13-9-14(2)20(15(3)10-13)25-19-11-18(17-5-7-22-8-6-17)24-21(26-19)23-16(4)12-27/h5-11,16,27H,12H2,1-4H3,(H2,23,24,25,26)/t16-/m0/s1. The van der Waals surface area contributed by atoms with Crippen LogP contribution in [0.2, 0.25) is 0 Å². The summed E-state index contributed by atoms with van der Waals surface area (Å²) in [5.74, 6) is 1.16. The first-order chi connectivity index (χ1) is 13.0. The van der Waals surface area contributed by atoms with Crippen LogP contribution in [-0.2, 0) is 0 Å². The molecule has 0 aliphatic heterocycles. The molecule has 0 bridgehead atoms. The minimum absolute atomic E-state index is 0.00177. The van der Waals surface area contributed by atoms with E-state index in [9.17, 15) is 5.11 Å². The summed E-state index contributed by atoms with van der Waals surface area (Å²) in [5.41, 5.74) is 6.33. The summed E-state index contributed by atoms with van der Waals surface area (Å²) in [7, 11) is 0. The summed E-state index contributed by atoms with van der Waals surface area (Å²) in [4.78, 5) is 13.2. The smallest absolute Gasteiger partial charge is 0.225 e. The van der Waals surface area contributed by atoms with E-state index < -0.39 is 0 Å². The molecule has 6 nitrogen and oxygen atoms in total. The molecule has 0 amide bonds. The van der Waals surface area contributed by atoms with Gasteiger partial charge in [-0.1, -0.05) is 17.7 Å². The molecule has 3 N–H and O–H groups in total. The molecule has 0 aliphatic rings. The van der Waals surface area contributed by atoms with Crippen LogP contribution in [0.4, 0.5) is 17.5 Å². The van der Waals surface area contributed by atoms with E-state index in [2.05, 4.69) is 58.5 Å². The van der Waals surface area contributed by atoms with Crippen LogP contribution >= 0.6 is 0 Å². The molecule has 1 aromatic carbocycles. The van der Waals surface area contributed by atoms with E-state index in [1.165, 1.54) is 5.56 Å². The number of aromatic nitrogens is 3. The number of pyridine rings is 1. The van der Waals surface area contributed by atoms with E-state index >= 15 is 0 Å². The Bertz CT molecular complexity index is 904. The number of nitrogens with one attached hydrogen (secondary N) is 2. The van der Waals surface area contributed by atoms with Gasteiger partial charge in [0.2, 0.25) is 5.95 Å². The van der Waals surface area contributed by atoms with Crippen LogP contribution in [0.5, 0.6) is 0 Å². The van der Waals surface area contributed by atoms with Gasteiger partial charge in [-0.3, -0.25) is 4.98 Å². The number of nitrogens with zero attached hydrogens (tertiary/aromatic N) is 3. The van der Waals surface area contributed by atoms with E-state index in [1.807, 2.05) is 25.1 Å². The van der Waals surface area contributed by atoms with Crippen LogP contribution in [-0.4, -0.2) is 32.7 Å². The van der Waals surface area contributed by atoms with Crippen molar-refractivity contribution in [3.05, 3.63) is 59.4 Å². The van der Waals surface area contributed by atoms with Crippen molar-refractivity contribution in [2.75, 3.05) is 17.2 Å². The zero-order valence-corrected chi connectivity index (χ0v) is 16.1. The van der Waals surface area contributed by atoms with Gasteiger partial charge in [-0.15, -0.1) is 0 Å². The van der Waals surface area contributed by atoms with Crippen molar-refractivity contribution in [1.82, 2.24) is 15.0 Å². The highest BCUT2D eigenvalue weighted by atomic mass is 16.3. The molecule has 0 aliphatic carbocycles. The number of benzene rings is 1. The zero-order chi connectivity index (χ0) is 19.4. The molecule has 0 unspecified atom stereocenters. The molecule has 1 atom stereocenters. The van der Waals surface area contributed by atoms with Gasteiger partial charge in [-0.25, -0.2) is 4.98 Å². The third-order valence-corrected chi connectivity index (χ3v) is 4.28. The molecule has 2 aromatic heterocycles. The van der Waals surface area contributed by atoms with Crippen molar-refractivity contribution < 1.29 is 5.11 Å². The zero-order valence-electron chi connectivity index (χ0n) is 16.1. The molecule has 0 saturated heterocycles. The Morgan fingerprint density at radius 1 is 1.00 bits per heavy atom. The van der Waals surface area contributed by atoms with Crippen LogP contribution in [0.15, 0.2) is 42.7 Å². The van der Waals surface area contributed by atoms with Gasteiger partial charge >= 0.3 is 0 Å². The summed E-state index contributed by atoms with van der Waals surface area (Å²) >= 11 is 0. The molecule has 3 rings (SSSR count). The molecule has 2 heterocycles. The summed E-state index contributed by atoms with van der Waals surface area (Å²) in [6.45, 7) is 8.14. The predicted molar refractivity (Wildman–Crippen MR) is 109 cm³/mol. The number of anilines is 3. The van der Waals surface area contributed by atoms with Crippen molar-refractivity contribution in [1.29, 1.82) is 0 Å². The average molecular weight is 363 g/mol. The topological polar surface area (TPSA) is 83.0 Å². The fraction of sp³-hybridized carbons (Fsp3) is 0.286. The Morgan fingerprint density at radius 3 is 2.30 bits per heavy atom. The highest BCUT2D eigenvalue weighted by Crippen LogP contribution is 2.28. The minimum Gasteiger partial charge on any atom is -0.394 e. The molecule has 140 valence electrons. The van der Waals surface area contributed by atoms with Crippen LogP contribution in [0.3, 0.4) is 0 Å². The lowest BCUT2D eigenvalue weighted by Gasteiger charge is -2.16. The van der Waals surface area contributed by atoms with Crippen molar-refractivity contribution >= 4 is 17.5 Å². The maximum atomic E-state index is 9.34. The first kappa shape index (κ1) is 18.8. The van der Waals surface area contributed by atoms with Gasteiger partial charge in [-0.05, 0) is 51.0 Å². The number of rotatable bonds is 6. The maximum absolute atomic E-state index is 9.34. The molecule has 0 saturated carbocycles.